The number of carbonyl (C=O) groups is 1. The fraction of sp³-hybridized carbons (Fsp3) is 0.273. The third-order valence-corrected chi connectivity index (χ3v) is 6.30. The van der Waals surface area contributed by atoms with E-state index in [-0.39, 0.29) is 29.1 Å². The van der Waals surface area contributed by atoms with Crippen LogP contribution in [-0.4, -0.2) is 32.5 Å². The predicted octanol–water partition coefficient (Wildman–Crippen LogP) is 4.57. The molecule has 5 rings (SSSR count). The maximum absolute atomic E-state index is 13.0. The second kappa shape index (κ2) is 7.47. The molecule has 1 aromatic heterocycles. The van der Waals surface area contributed by atoms with Crippen LogP contribution in [0, 0.1) is 17.0 Å². The number of aryl methyl sites for hydroxylation is 1. The minimum absolute atomic E-state index is 0.0257. The van der Waals surface area contributed by atoms with E-state index in [1.807, 2.05) is 47.5 Å². The normalized spacial score (nSPS) is 23.4. The van der Waals surface area contributed by atoms with Crippen molar-refractivity contribution in [2.24, 2.45) is 0 Å². The molecule has 0 N–H and O–H groups in total. The highest BCUT2D eigenvalue weighted by molar-refractivity contribution is 6.30. The van der Waals surface area contributed by atoms with Crippen LogP contribution in [0.5, 0.6) is 0 Å². The number of benzene rings is 2. The number of nitro groups is 1. The van der Waals surface area contributed by atoms with Crippen molar-refractivity contribution in [1.82, 2.24) is 15.2 Å². The second-order valence-corrected chi connectivity index (χ2v) is 8.20. The number of halogens is 1. The summed E-state index contributed by atoms with van der Waals surface area (Å²) in [6.45, 7) is 2.08. The predicted molar refractivity (Wildman–Crippen MR) is 112 cm³/mol. The zero-order valence-corrected chi connectivity index (χ0v) is 17.4. The zero-order chi connectivity index (χ0) is 21.7. The van der Waals surface area contributed by atoms with Crippen LogP contribution in [0.3, 0.4) is 0 Å². The van der Waals surface area contributed by atoms with E-state index in [1.165, 1.54) is 0 Å². The Bertz CT molecular complexity index is 1150. The van der Waals surface area contributed by atoms with E-state index in [9.17, 15) is 14.9 Å². The van der Waals surface area contributed by atoms with Gasteiger partial charge in [0.1, 0.15) is 0 Å². The van der Waals surface area contributed by atoms with Crippen molar-refractivity contribution in [2.75, 3.05) is 6.54 Å². The SMILES string of the molecule is Cc1noc(C2C(c3ccccc3)N3CCC(=O)N3C2c2ccc(Cl)cc2)c1[N+](=O)[O-]. The molecule has 2 aliphatic heterocycles. The smallest absolute Gasteiger partial charge is 0.334 e. The van der Waals surface area contributed by atoms with Gasteiger partial charge < -0.3 is 4.52 Å². The van der Waals surface area contributed by atoms with Crippen molar-refractivity contribution >= 4 is 23.2 Å². The Balaban J connectivity index is 1.75. The van der Waals surface area contributed by atoms with Crippen LogP contribution >= 0.6 is 11.6 Å². The molecule has 0 spiro atoms. The van der Waals surface area contributed by atoms with Gasteiger partial charge in [0.15, 0.2) is 5.69 Å². The summed E-state index contributed by atoms with van der Waals surface area (Å²) >= 11 is 6.10. The lowest BCUT2D eigenvalue weighted by Gasteiger charge is -2.27. The number of amides is 1. The van der Waals surface area contributed by atoms with E-state index in [4.69, 9.17) is 16.1 Å². The van der Waals surface area contributed by atoms with Crippen molar-refractivity contribution in [3.63, 3.8) is 0 Å². The van der Waals surface area contributed by atoms with Gasteiger partial charge in [0.25, 0.3) is 0 Å². The summed E-state index contributed by atoms with van der Waals surface area (Å²) in [6.07, 6.45) is 0.387. The molecule has 0 radical (unpaired) electrons. The summed E-state index contributed by atoms with van der Waals surface area (Å²) in [4.78, 5) is 24.4. The largest absolute Gasteiger partial charge is 0.353 e. The molecule has 0 saturated carbocycles. The first-order valence-electron chi connectivity index (χ1n) is 9.97. The van der Waals surface area contributed by atoms with Gasteiger partial charge in [-0.05, 0) is 30.2 Å². The number of carbonyl (C=O) groups excluding carboxylic acids is 1. The summed E-state index contributed by atoms with van der Waals surface area (Å²) < 4.78 is 5.59. The molecular weight excluding hydrogens is 420 g/mol. The fourth-order valence-electron chi connectivity index (χ4n) is 4.82. The maximum atomic E-state index is 13.0. The number of rotatable bonds is 4. The first-order chi connectivity index (χ1) is 15.0. The summed E-state index contributed by atoms with van der Waals surface area (Å²) in [5, 5.41) is 20.1. The molecule has 8 nitrogen and oxygen atoms in total. The van der Waals surface area contributed by atoms with Gasteiger partial charge in [0.05, 0.1) is 22.9 Å². The lowest BCUT2D eigenvalue weighted by Crippen LogP contribution is -2.35. The van der Waals surface area contributed by atoms with E-state index in [1.54, 1.807) is 24.1 Å². The summed E-state index contributed by atoms with van der Waals surface area (Å²) in [5.41, 5.74) is 1.86. The minimum atomic E-state index is -0.519. The molecule has 3 aromatic rings. The van der Waals surface area contributed by atoms with Crippen molar-refractivity contribution < 1.29 is 14.2 Å². The van der Waals surface area contributed by atoms with Gasteiger partial charge in [-0.3, -0.25) is 19.9 Å². The zero-order valence-electron chi connectivity index (χ0n) is 16.6. The Hall–Kier alpha value is -3.23. The van der Waals surface area contributed by atoms with E-state index < -0.39 is 16.9 Å². The molecule has 2 fully saturated rings. The van der Waals surface area contributed by atoms with Gasteiger partial charge >= 0.3 is 5.69 Å². The Morgan fingerprint density at radius 3 is 2.45 bits per heavy atom. The number of nitrogens with zero attached hydrogens (tertiary/aromatic N) is 4. The highest BCUT2D eigenvalue weighted by atomic mass is 35.5. The number of aromatic nitrogens is 1. The molecule has 0 bridgehead atoms. The molecule has 9 heteroatoms. The van der Waals surface area contributed by atoms with Gasteiger partial charge in [-0.15, -0.1) is 0 Å². The van der Waals surface area contributed by atoms with Gasteiger partial charge in [-0.25, -0.2) is 5.01 Å². The number of hydrazine groups is 1. The minimum Gasteiger partial charge on any atom is -0.353 e. The molecule has 2 saturated heterocycles. The Morgan fingerprint density at radius 1 is 1.10 bits per heavy atom. The van der Waals surface area contributed by atoms with Crippen molar-refractivity contribution in [3.8, 4) is 0 Å². The van der Waals surface area contributed by atoms with Crippen molar-refractivity contribution in [2.45, 2.75) is 31.3 Å². The molecule has 0 aliphatic carbocycles. The number of fused-ring (bicyclic) bond motifs is 1. The first kappa shape index (κ1) is 19.7. The molecule has 3 atom stereocenters. The average molecular weight is 439 g/mol. The molecule has 158 valence electrons. The summed E-state index contributed by atoms with van der Waals surface area (Å²) in [6, 6.07) is 16.1. The molecule has 31 heavy (non-hydrogen) atoms. The topological polar surface area (TPSA) is 92.7 Å². The third kappa shape index (κ3) is 3.10. The van der Waals surface area contributed by atoms with Gasteiger partial charge in [0, 0.05) is 18.0 Å². The van der Waals surface area contributed by atoms with E-state index in [0.29, 0.717) is 18.0 Å². The Kier molecular flexibility index (Phi) is 4.75. The number of hydrogen-bond donors (Lipinski definition) is 0. The van der Waals surface area contributed by atoms with Crippen molar-refractivity contribution in [3.05, 3.63) is 92.3 Å². The van der Waals surface area contributed by atoms with Gasteiger partial charge in [0.2, 0.25) is 11.7 Å². The van der Waals surface area contributed by atoms with E-state index in [2.05, 4.69) is 5.16 Å². The van der Waals surface area contributed by atoms with Crippen LogP contribution in [0.2, 0.25) is 5.02 Å². The van der Waals surface area contributed by atoms with Gasteiger partial charge in [-0.1, -0.05) is 59.2 Å². The Morgan fingerprint density at radius 2 is 1.77 bits per heavy atom. The first-order valence-corrected chi connectivity index (χ1v) is 10.3. The quantitative estimate of drug-likeness (QED) is 0.437. The summed E-state index contributed by atoms with van der Waals surface area (Å²) in [5.74, 6) is -0.366. The lowest BCUT2D eigenvalue weighted by atomic mass is 9.82. The van der Waals surface area contributed by atoms with E-state index in [0.717, 1.165) is 11.1 Å². The molecular formula is C22H19ClN4O4. The second-order valence-electron chi connectivity index (χ2n) is 7.77. The summed E-state index contributed by atoms with van der Waals surface area (Å²) in [7, 11) is 0. The fourth-order valence-corrected chi connectivity index (χ4v) is 4.95. The molecule has 2 aliphatic rings. The highest BCUT2D eigenvalue weighted by Gasteiger charge is 2.57. The van der Waals surface area contributed by atoms with Crippen LogP contribution in [0.4, 0.5) is 5.69 Å². The molecule has 3 unspecified atom stereocenters. The van der Waals surface area contributed by atoms with Crippen LogP contribution in [0.15, 0.2) is 59.1 Å². The molecule has 3 heterocycles. The van der Waals surface area contributed by atoms with Crippen LogP contribution in [-0.2, 0) is 4.79 Å². The monoisotopic (exact) mass is 438 g/mol. The van der Waals surface area contributed by atoms with Crippen LogP contribution in [0.25, 0.3) is 0 Å². The molecule has 1 amide bonds. The Labute approximate surface area is 183 Å². The maximum Gasteiger partial charge on any atom is 0.334 e. The average Bonchev–Trinajstić information content (AvgIpc) is 3.42. The van der Waals surface area contributed by atoms with Crippen LogP contribution < -0.4 is 0 Å². The number of hydrogen-bond acceptors (Lipinski definition) is 6. The van der Waals surface area contributed by atoms with Gasteiger partial charge in [-0.2, -0.15) is 0 Å². The van der Waals surface area contributed by atoms with Crippen LogP contribution in [0.1, 0.15) is 47.0 Å². The van der Waals surface area contributed by atoms with Crippen molar-refractivity contribution in [1.29, 1.82) is 0 Å². The third-order valence-electron chi connectivity index (χ3n) is 6.05. The highest BCUT2D eigenvalue weighted by Crippen LogP contribution is 2.57. The molecule has 2 aromatic carbocycles. The lowest BCUT2D eigenvalue weighted by molar-refractivity contribution is -0.386. The standard InChI is InChI=1S/C22H19ClN4O4/c1-13-19(27(29)30)22(31-24-13)18-20(14-5-3-2-4-6-14)25-12-11-17(28)26(25)21(18)15-7-9-16(23)10-8-15/h2-10,18,20-21H,11-12H2,1H3. The van der Waals surface area contributed by atoms with E-state index >= 15 is 0 Å².